The van der Waals surface area contributed by atoms with Crippen LogP contribution in [-0.2, 0) is 4.74 Å². The fourth-order valence-electron chi connectivity index (χ4n) is 3.32. The van der Waals surface area contributed by atoms with Crippen LogP contribution in [0.2, 0.25) is 0 Å². The van der Waals surface area contributed by atoms with E-state index in [2.05, 4.69) is 36.2 Å². The normalized spacial score (nSPS) is 15.9. The highest BCUT2D eigenvalue weighted by Crippen LogP contribution is 2.45. The summed E-state index contributed by atoms with van der Waals surface area (Å²) in [5.41, 5.74) is 1.10. The van der Waals surface area contributed by atoms with E-state index in [4.69, 9.17) is 14.6 Å². The van der Waals surface area contributed by atoms with E-state index in [1.165, 1.54) is 32.1 Å². The number of fused-ring (bicyclic) bond motifs is 1. The zero-order valence-corrected chi connectivity index (χ0v) is 18.4. The molecule has 1 atom stereocenters. The molecule has 1 aliphatic rings. The molecule has 2 heterocycles. The number of methoxy groups -OCH3 is 1. The predicted molar refractivity (Wildman–Crippen MR) is 120 cm³/mol. The monoisotopic (exact) mass is 411 g/mol. The van der Waals surface area contributed by atoms with Crippen molar-refractivity contribution in [3.63, 3.8) is 0 Å². The summed E-state index contributed by atoms with van der Waals surface area (Å²) in [6.45, 7) is 6.70. The third-order valence-corrected chi connectivity index (χ3v) is 5.30. The molecule has 162 valence electrons. The van der Waals surface area contributed by atoms with Gasteiger partial charge in [0.1, 0.15) is 11.3 Å². The summed E-state index contributed by atoms with van der Waals surface area (Å²) in [5, 5.41) is 20.7. The Kier molecular flexibility index (Phi) is 9.48. The third kappa shape index (κ3) is 6.66. The maximum Gasteiger partial charge on any atom is 0.244 e. The summed E-state index contributed by atoms with van der Waals surface area (Å²) in [6, 6.07) is 16.3. The number of phenols is 1. The van der Waals surface area contributed by atoms with Crippen molar-refractivity contribution in [2.24, 2.45) is 0 Å². The number of hydrogen-bond donors (Lipinski definition) is 1. The number of aromatic hydroxyl groups is 1. The summed E-state index contributed by atoms with van der Waals surface area (Å²) >= 11 is 0. The number of epoxide rings is 1. The third-order valence-electron chi connectivity index (χ3n) is 5.30. The Bertz CT molecular complexity index is 864. The number of para-hydroxylation sites is 1. The first kappa shape index (κ1) is 23.5. The fourth-order valence-corrected chi connectivity index (χ4v) is 3.32. The minimum atomic E-state index is 0.301. The standard InChI is InChI=1S/C10H20O.C8H7N3O.C6H6O/c1-4-7-8-9-10(5-2,6-3)11-9;1-12-8-6-4-2-3-5-7(6)9-11-10-8;7-6-4-2-1-3-5-6/h9H,4-8H2,1-3H3;2-5H,1H3;1-5,7H. The lowest BCUT2D eigenvalue weighted by molar-refractivity contribution is 0.277. The maximum absolute atomic E-state index is 8.63. The van der Waals surface area contributed by atoms with E-state index in [1.54, 1.807) is 31.4 Å². The van der Waals surface area contributed by atoms with Crippen LogP contribution in [0.4, 0.5) is 0 Å². The zero-order valence-electron chi connectivity index (χ0n) is 18.4. The molecule has 0 saturated carbocycles. The van der Waals surface area contributed by atoms with Gasteiger partial charge in [0.2, 0.25) is 5.88 Å². The average molecular weight is 412 g/mol. The van der Waals surface area contributed by atoms with Gasteiger partial charge in [0.05, 0.1) is 24.2 Å². The Morgan fingerprint density at radius 2 is 1.63 bits per heavy atom. The van der Waals surface area contributed by atoms with Crippen molar-refractivity contribution in [3.8, 4) is 11.6 Å². The lowest BCUT2D eigenvalue weighted by atomic mass is 9.96. The largest absolute Gasteiger partial charge is 0.508 e. The number of unbranched alkanes of at least 4 members (excludes halogenated alkanes) is 1. The average Bonchev–Trinajstić information content (AvgIpc) is 3.52. The summed E-state index contributed by atoms with van der Waals surface area (Å²) in [5.74, 6) is 0.836. The lowest BCUT2D eigenvalue weighted by Gasteiger charge is -2.04. The van der Waals surface area contributed by atoms with Crippen molar-refractivity contribution in [2.45, 2.75) is 64.6 Å². The number of aromatic nitrogens is 3. The molecular formula is C24H33N3O3. The quantitative estimate of drug-likeness (QED) is 0.535. The molecule has 0 aliphatic carbocycles. The van der Waals surface area contributed by atoms with E-state index in [-0.39, 0.29) is 0 Å². The molecule has 1 N–H and O–H groups in total. The van der Waals surface area contributed by atoms with Gasteiger partial charge in [0.15, 0.2) is 0 Å². The summed E-state index contributed by atoms with van der Waals surface area (Å²) in [6.07, 6.45) is 6.88. The molecule has 0 amide bonds. The van der Waals surface area contributed by atoms with Gasteiger partial charge in [0, 0.05) is 0 Å². The van der Waals surface area contributed by atoms with Gasteiger partial charge in [-0.05, 0) is 48.7 Å². The first-order valence-electron chi connectivity index (χ1n) is 10.6. The molecule has 1 aliphatic heterocycles. The number of benzene rings is 2. The van der Waals surface area contributed by atoms with Gasteiger partial charge >= 0.3 is 0 Å². The molecule has 0 radical (unpaired) electrons. The molecule has 0 spiro atoms. The molecule has 2 aromatic carbocycles. The van der Waals surface area contributed by atoms with Crippen LogP contribution in [0.5, 0.6) is 11.6 Å². The number of hydrogen-bond acceptors (Lipinski definition) is 6. The fraction of sp³-hybridized carbons (Fsp3) is 0.458. The highest BCUT2D eigenvalue weighted by atomic mass is 16.6. The van der Waals surface area contributed by atoms with Crippen LogP contribution in [0.1, 0.15) is 52.9 Å². The molecule has 6 nitrogen and oxygen atoms in total. The van der Waals surface area contributed by atoms with Crippen molar-refractivity contribution in [1.82, 2.24) is 15.4 Å². The molecule has 6 heteroatoms. The van der Waals surface area contributed by atoms with Gasteiger partial charge in [0.25, 0.3) is 0 Å². The van der Waals surface area contributed by atoms with Gasteiger partial charge in [-0.1, -0.05) is 69.0 Å². The van der Waals surface area contributed by atoms with Gasteiger partial charge in [-0.2, -0.15) is 0 Å². The second-order valence-corrected chi connectivity index (χ2v) is 7.17. The Morgan fingerprint density at radius 3 is 2.17 bits per heavy atom. The van der Waals surface area contributed by atoms with Crippen LogP contribution >= 0.6 is 0 Å². The lowest BCUT2D eigenvalue weighted by Crippen LogP contribution is -2.11. The van der Waals surface area contributed by atoms with E-state index in [0.717, 1.165) is 10.9 Å². The van der Waals surface area contributed by atoms with Crippen LogP contribution in [0, 0.1) is 0 Å². The van der Waals surface area contributed by atoms with Crippen LogP contribution in [0.3, 0.4) is 0 Å². The number of ether oxygens (including phenoxy) is 2. The first-order chi connectivity index (χ1) is 14.6. The van der Waals surface area contributed by atoms with Crippen LogP contribution in [0.15, 0.2) is 54.6 Å². The predicted octanol–water partition coefficient (Wildman–Crippen LogP) is 5.56. The molecule has 0 bridgehead atoms. The van der Waals surface area contributed by atoms with E-state index in [1.807, 2.05) is 30.3 Å². The maximum atomic E-state index is 8.63. The summed E-state index contributed by atoms with van der Waals surface area (Å²) in [4.78, 5) is 0. The highest BCUT2D eigenvalue weighted by molar-refractivity contribution is 5.82. The van der Waals surface area contributed by atoms with Crippen molar-refractivity contribution >= 4 is 10.9 Å². The second kappa shape index (κ2) is 12.1. The molecule has 1 saturated heterocycles. The van der Waals surface area contributed by atoms with Gasteiger partial charge < -0.3 is 14.6 Å². The van der Waals surface area contributed by atoms with Crippen LogP contribution < -0.4 is 4.74 Å². The van der Waals surface area contributed by atoms with Crippen molar-refractivity contribution < 1.29 is 14.6 Å². The van der Waals surface area contributed by atoms with Gasteiger partial charge in [-0.25, -0.2) is 0 Å². The molecule has 30 heavy (non-hydrogen) atoms. The van der Waals surface area contributed by atoms with Crippen LogP contribution in [0.25, 0.3) is 10.9 Å². The molecule has 1 unspecified atom stereocenters. The molecule has 1 aromatic heterocycles. The minimum absolute atomic E-state index is 0.301. The smallest absolute Gasteiger partial charge is 0.244 e. The van der Waals surface area contributed by atoms with Crippen LogP contribution in [-0.4, -0.2) is 39.3 Å². The van der Waals surface area contributed by atoms with Crippen molar-refractivity contribution in [1.29, 1.82) is 0 Å². The highest BCUT2D eigenvalue weighted by Gasteiger charge is 2.52. The van der Waals surface area contributed by atoms with Crippen molar-refractivity contribution in [3.05, 3.63) is 54.6 Å². The van der Waals surface area contributed by atoms with Gasteiger partial charge in [-0.3, -0.25) is 0 Å². The first-order valence-corrected chi connectivity index (χ1v) is 10.6. The van der Waals surface area contributed by atoms with E-state index in [0.29, 0.717) is 23.3 Å². The minimum Gasteiger partial charge on any atom is -0.508 e. The Morgan fingerprint density at radius 1 is 0.967 bits per heavy atom. The van der Waals surface area contributed by atoms with Crippen molar-refractivity contribution in [2.75, 3.05) is 7.11 Å². The topological polar surface area (TPSA) is 80.7 Å². The van der Waals surface area contributed by atoms with E-state index in [9.17, 15) is 0 Å². The number of phenolic OH excluding ortho intramolecular Hbond substituents is 1. The zero-order chi connectivity index (χ0) is 21.8. The molecular weight excluding hydrogens is 378 g/mol. The number of nitrogens with zero attached hydrogens (tertiary/aromatic N) is 3. The SMILES string of the molecule is CCCCC1OC1(CC)CC.COc1nnnc2ccccc12.Oc1ccccc1. The van der Waals surface area contributed by atoms with Gasteiger partial charge in [-0.15, -0.1) is 5.10 Å². The summed E-state index contributed by atoms with van der Waals surface area (Å²) in [7, 11) is 1.57. The molecule has 1 fully saturated rings. The Hall–Kier alpha value is -2.73. The van der Waals surface area contributed by atoms with E-state index < -0.39 is 0 Å². The molecule has 4 rings (SSSR count). The number of rotatable bonds is 6. The molecule has 3 aromatic rings. The Labute approximate surface area is 179 Å². The summed E-state index contributed by atoms with van der Waals surface area (Å²) < 4.78 is 10.7. The van der Waals surface area contributed by atoms with E-state index >= 15 is 0 Å². The second-order valence-electron chi connectivity index (χ2n) is 7.17. The Balaban J connectivity index is 0.000000166.